The van der Waals surface area contributed by atoms with Gasteiger partial charge >= 0.3 is 5.97 Å². The molecule has 0 heterocycles. The highest BCUT2D eigenvalue weighted by molar-refractivity contribution is 5.69. The van der Waals surface area contributed by atoms with Crippen LogP contribution >= 0.6 is 0 Å². The predicted octanol–water partition coefficient (Wildman–Crippen LogP) is 2.93. The Labute approximate surface area is 81.0 Å². The Bertz CT molecular complexity index is 161. The van der Waals surface area contributed by atoms with Gasteiger partial charge in [0, 0.05) is 0 Å². The summed E-state index contributed by atoms with van der Waals surface area (Å²) in [5.74, 6) is 0.258. The van der Waals surface area contributed by atoms with E-state index >= 15 is 0 Å². The van der Waals surface area contributed by atoms with Crippen molar-refractivity contribution in [2.45, 2.75) is 40.0 Å². The van der Waals surface area contributed by atoms with Gasteiger partial charge in [0.2, 0.25) is 0 Å². The molecule has 0 saturated heterocycles. The summed E-state index contributed by atoms with van der Waals surface area (Å²) in [4.78, 5) is 11.1. The number of hydrogen-bond donors (Lipinski definition) is 0. The zero-order valence-corrected chi connectivity index (χ0v) is 8.88. The molecule has 0 aromatic carbocycles. The average Bonchev–Trinajstić information content (AvgIpc) is 2.12. The first-order chi connectivity index (χ1) is 6.24. The molecule has 1 atom stereocenters. The first-order valence-electron chi connectivity index (χ1n) is 5.06. The Balaban J connectivity index is 3.82. The number of carbonyl (C=O) groups is 1. The van der Waals surface area contributed by atoms with E-state index in [4.69, 9.17) is 4.74 Å². The molecule has 0 aliphatic heterocycles. The molecule has 0 spiro atoms. The molecule has 0 saturated carbocycles. The summed E-state index contributed by atoms with van der Waals surface area (Å²) in [6.45, 7) is 6.49. The van der Waals surface area contributed by atoms with Crippen LogP contribution in [0.5, 0.6) is 0 Å². The molecule has 0 fully saturated rings. The minimum absolute atomic E-state index is 0.0879. The molecule has 0 rings (SSSR count). The maximum atomic E-state index is 11.1. The van der Waals surface area contributed by atoms with Crippen molar-refractivity contribution in [3.63, 3.8) is 0 Å². The second-order valence-electron chi connectivity index (χ2n) is 3.01. The molecule has 0 N–H and O–H groups in total. The Morgan fingerprint density at radius 3 is 2.54 bits per heavy atom. The van der Waals surface area contributed by atoms with Crippen LogP contribution < -0.4 is 0 Å². The van der Waals surface area contributed by atoms with Crippen LogP contribution in [0.15, 0.2) is 12.2 Å². The summed E-state index contributed by atoms with van der Waals surface area (Å²) < 4.78 is 4.88. The molecule has 0 aromatic heterocycles. The van der Waals surface area contributed by atoms with Crippen molar-refractivity contribution in [2.75, 3.05) is 6.61 Å². The molecular formula is C11H20O2. The summed E-state index contributed by atoms with van der Waals surface area (Å²) in [6.07, 6.45) is 6.75. The van der Waals surface area contributed by atoms with Crippen molar-refractivity contribution in [3.8, 4) is 0 Å². The van der Waals surface area contributed by atoms with E-state index < -0.39 is 0 Å². The molecule has 0 aliphatic rings. The SMILES string of the molecule is CC/C=C/[C@@H](CC)CC(=O)OCC. The molecule has 0 aromatic rings. The van der Waals surface area contributed by atoms with Crippen molar-refractivity contribution < 1.29 is 9.53 Å². The van der Waals surface area contributed by atoms with Crippen LogP contribution in [0, 0.1) is 5.92 Å². The third-order valence-corrected chi connectivity index (χ3v) is 1.90. The molecule has 2 nitrogen and oxygen atoms in total. The van der Waals surface area contributed by atoms with Gasteiger partial charge in [-0.05, 0) is 25.7 Å². The normalized spacial score (nSPS) is 13.2. The molecular weight excluding hydrogens is 164 g/mol. The van der Waals surface area contributed by atoms with Crippen LogP contribution in [0.25, 0.3) is 0 Å². The lowest BCUT2D eigenvalue weighted by atomic mass is 10.0. The third kappa shape index (κ3) is 6.38. The van der Waals surface area contributed by atoms with Gasteiger partial charge in [0.1, 0.15) is 0 Å². The number of rotatable bonds is 6. The lowest BCUT2D eigenvalue weighted by molar-refractivity contribution is -0.143. The van der Waals surface area contributed by atoms with Gasteiger partial charge in [0.05, 0.1) is 13.0 Å². The fraction of sp³-hybridized carbons (Fsp3) is 0.727. The van der Waals surface area contributed by atoms with Gasteiger partial charge in [-0.1, -0.05) is 26.0 Å². The van der Waals surface area contributed by atoms with E-state index in [9.17, 15) is 4.79 Å². The number of hydrogen-bond acceptors (Lipinski definition) is 2. The Kier molecular flexibility index (Phi) is 7.36. The molecule has 0 amide bonds. The van der Waals surface area contributed by atoms with Gasteiger partial charge in [-0.3, -0.25) is 4.79 Å². The highest BCUT2D eigenvalue weighted by atomic mass is 16.5. The van der Waals surface area contributed by atoms with Crippen LogP contribution in [0.4, 0.5) is 0 Å². The van der Waals surface area contributed by atoms with Crippen molar-refractivity contribution >= 4 is 5.97 Å². The molecule has 76 valence electrons. The van der Waals surface area contributed by atoms with Crippen LogP contribution in [0.3, 0.4) is 0 Å². The number of esters is 1. The molecule has 13 heavy (non-hydrogen) atoms. The first kappa shape index (κ1) is 12.2. The van der Waals surface area contributed by atoms with Crippen LogP contribution in [-0.2, 0) is 9.53 Å². The van der Waals surface area contributed by atoms with Gasteiger partial charge in [-0.25, -0.2) is 0 Å². The second kappa shape index (κ2) is 7.84. The average molecular weight is 184 g/mol. The van der Waals surface area contributed by atoms with E-state index in [0.29, 0.717) is 18.9 Å². The standard InChI is InChI=1S/C11H20O2/c1-4-7-8-10(5-2)9-11(12)13-6-3/h7-8,10H,4-6,9H2,1-3H3/b8-7+/t10-/m1/s1. The summed E-state index contributed by atoms with van der Waals surface area (Å²) >= 11 is 0. The first-order valence-corrected chi connectivity index (χ1v) is 5.06. The van der Waals surface area contributed by atoms with Crippen LogP contribution in [0.2, 0.25) is 0 Å². The van der Waals surface area contributed by atoms with Gasteiger partial charge in [-0.2, -0.15) is 0 Å². The molecule has 0 aliphatic carbocycles. The second-order valence-corrected chi connectivity index (χ2v) is 3.01. The Morgan fingerprint density at radius 1 is 1.38 bits per heavy atom. The molecule has 0 bridgehead atoms. The fourth-order valence-electron chi connectivity index (χ4n) is 1.11. The van der Waals surface area contributed by atoms with Crippen LogP contribution in [-0.4, -0.2) is 12.6 Å². The van der Waals surface area contributed by atoms with E-state index in [-0.39, 0.29) is 5.97 Å². The lowest BCUT2D eigenvalue weighted by Gasteiger charge is -2.08. The zero-order valence-electron chi connectivity index (χ0n) is 8.88. The number of carbonyl (C=O) groups excluding carboxylic acids is 1. The smallest absolute Gasteiger partial charge is 0.306 e. The monoisotopic (exact) mass is 184 g/mol. The summed E-state index contributed by atoms with van der Waals surface area (Å²) in [6, 6.07) is 0. The number of allylic oxidation sites excluding steroid dienone is 2. The summed E-state index contributed by atoms with van der Waals surface area (Å²) in [7, 11) is 0. The third-order valence-electron chi connectivity index (χ3n) is 1.90. The minimum Gasteiger partial charge on any atom is -0.466 e. The predicted molar refractivity (Wildman–Crippen MR) is 54.5 cm³/mol. The highest BCUT2D eigenvalue weighted by Gasteiger charge is 2.08. The fourth-order valence-corrected chi connectivity index (χ4v) is 1.11. The van der Waals surface area contributed by atoms with E-state index in [1.165, 1.54) is 0 Å². The lowest BCUT2D eigenvalue weighted by Crippen LogP contribution is -2.09. The topological polar surface area (TPSA) is 26.3 Å². The number of ether oxygens (including phenoxy) is 1. The largest absolute Gasteiger partial charge is 0.466 e. The highest BCUT2D eigenvalue weighted by Crippen LogP contribution is 2.11. The van der Waals surface area contributed by atoms with Crippen molar-refractivity contribution in [3.05, 3.63) is 12.2 Å². The molecule has 2 heteroatoms. The molecule has 0 unspecified atom stereocenters. The van der Waals surface area contributed by atoms with E-state index in [2.05, 4.69) is 26.0 Å². The zero-order chi connectivity index (χ0) is 10.1. The maximum Gasteiger partial charge on any atom is 0.306 e. The Hall–Kier alpha value is -0.790. The van der Waals surface area contributed by atoms with E-state index in [1.807, 2.05) is 6.92 Å². The van der Waals surface area contributed by atoms with Crippen molar-refractivity contribution in [1.29, 1.82) is 0 Å². The Morgan fingerprint density at radius 2 is 2.08 bits per heavy atom. The quantitative estimate of drug-likeness (QED) is 0.468. The maximum absolute atomic E-state index is 11.1. The van der Waals surface area contributed by atoms with Gasteiger partial charge in [-0.15, -0.1) is 0 Å². The van der Waals surface area contributed by atoms with Crippen molar-refractivity contribution in [2.24, 2.45) is 5.92 Å². The minimum atomic E-state index is -0.0879. The van der Waals surface area contributed by atoms with E-state index in [1.54, 1.807) is 0 Å². The van der Waals surface area contributed by atoms with Gasteiger partial charge < -0.3 is 4.74 Å². The van der Waals surface area contributed by atoms with Gasteiger partial charge in [0.25, 0.3) is 0 Å². The summed E-state index contributed by atoms with van der Waals surface area (Å²) in [5, 5.41) is 0. The molecule has 0 radical (unpaired) electrons. The summed E-state index contributed by atoms with van der Waals surface area (Å²) in [5.41, 5.74) is 0. The van der Waals surface area contributed by atoms with E-state index in [0.717, 1.165) is 12.8 Å². The van der Waals surface area contributed by atoms with Crippen LogP contribution in [0.1, 0.15) is 40.0 Å². The van der Waals surface area contributed by atoms with Gasteiger partial charge in [0.15, 0.2) is 0 Å². The van der Waals surface area contributed by atoms with Crippen molar-refractivity contribution in [1.82, 2.24) is 0 Å².